The van der Waals surface area contributed by atoms with Crippen LogP contribution in [-0.4, -0.2) is 56.5 Å². The second kappa shape index (κ2) is 9.55. The van der Waals surface area contributed by atoms with Crippen molar-refractivity contribution in [2.45, 2.75) is 23.9 Å². The van der Waals surface area contributed by atoms with E-state index in [1.165, 1.54) is 25.2 Å². The molecule has 0 saturated carbocycles. The summed E-state index contributed by atoms with van der Waals surface area (Å²) in [6, 6.07) is 7.61. The Balaban J connectivity index is 1.68. The fourth-order valence-corrected chi connectivity index (χ4v) is 8.21. The molecule has 35 heavy (non-hydrogen) atoms. The van der Waals surface area contributed by atoms with Crippen LogP contribution in [0.5, 0.6) is 11.5 Å². The maximum atomic E-state index is 13.5. The van der Waals surface area contributed by atoms with Crippen molar-refractivity contribution in [1.82, 2.24) is 0 Å². The second-order valence-electron chi connectivity index (χ2n) is 7.99. The van der Waals surface area contributed by atoms with Gasteiger partial charge >= 0.3 is 6.18 Å². The molecule has 2 fully saturated rings. The van der Waals surface area contributed by atoms with Crippen LogP contribution in [0.15, 0.2) is 41.4 Å². The number of rotatable bonds is 5. The molecule has 2 aromatic rings. The molecule has 0 N–H and O–H groups in total. The predicted molar refractivity (Wildman–Crippen MR) is 128 cm³/mol. The highest BCUT2D eigenvalue weighted by Crippen LogP contribution is 2.43. The van der Waals surface area contributed by atoms with E-state index in [4.69, 9.17) is 21.1 Å². The third-order valence-corrected chi connectivity index (χ3v) is 9.16. The van der Waals surface area contributed by atoms with E-state index >= 15 is 0 Å². The lowest BCUT2D eigenvalue weighted by Crippen LogP contribution is -2.38. The smallest absolute Gasteiger partial charge is 0.417 e. The third-order valence-electron chi connectivity index (χ3n) is 5.62. The largest absolute Gasteiger partial charge is 0.493 e. The van der Waals surface area contributed by atoms with Crippen LogP contribution in [0.4, 0.5) is 18.9 Å². The number of hydrogen-bond acceptors (Lipinski definition) is 6. The van der Waals surface area contributed by atoms with E-state index in [1.807, 2.05) is 0 Å². The standard InChI is InChI=1S/C22H20ClF3N2O5S2/c1-32-17-6-3-12(7-18(17)33-2)8-20(29)27-21-28(16-10-35(30,31)11-19(16)34-21)13-4-5-15(23)14(9-13)22(24,25)26/h3-7,9,16,19H,8,10-11H2,1-2H3/t16-,19-/m0/s1. The molecule has 0 bridgehead atoms. The lowest BCUT2D eigenvalue weighted by Gasteiger charge is -2.25. The first-order chi connectivity index (χ1) is 16.4. The fourth-order valence-electron chi connectivity index (χ4n) is 4.06. The van der Waals surface area contributed by atoms with Gasteiger partial charge in [0.1, 0.15) is 0 Å². The Kier molecular flexibility index (Phi) is 7.00. The minimum absolute atomic E-state index is 0.0662. The van der Waals surface area contributed by atoms with Crippen LogP contribution in [0.3, 0.4) is 0 Å². The van der Waals surface area contributed by atoms with Crippen LogP contribution >= 0.6 is 23.4 Å². The third kappa shape index (κ3) is 5.39. The van der Waals surface area contributed by atoms with Gasteiger partial charge in [0.25, 0.3) is 5.91 Å². The number of halogens is 4. The Bertz CT molecular complexity index is 1300. The van der Waals surface area contributed by atoms with Crippen LogP contribution in [0.1, 0.15) is 11.1 Å². The lowest BCUT2D eigenvalue weighted by molar-refractivity contribution is -0.137. The number of benzene rings is 2. The van der Waals surface area contributed by atoms with Crippen molar-refractivity contribution in [3.05, 3.63) is 52.5 Å². The molecular weight excluding hydrogens is 529 g/mol. The number of anilines is 1. The number of ether oxygens (including phenoxy) is 2. The number of amidine groups is 1. The summed E-state index contributed by atoms with van der Waals surface area (Å²) in [4.78, 5) is 18.4. The number of aliphatic imine (C=N–C) groups is 1. The molecule has 4 rings (SSSR count). The van der Waals surface area contributed by atoms with Crippen LogP contribution in [0, 0.1) is 0 Å². The summed E-state index contributed by atoms with van der Waals surface area (Å²) in [6.45, 7) is 0. The quantitative estimate of drug-likeness (QED) is 0.553. The molecule has 2 aliphatic rings. The summed E-state index contributed by atoms with van der Waals surface area (Å²) in [5.41, 5.74) is -0.390. The SMILES string of the molecule is COc1ccc(CC(=O)N=C2S[C@H]3CS(=O)(=O)C[C@@H]3N2c2ccc(Cl)c(C(F)(F)F)c2)cc1OC. The fraction of sp³-hybridized carbons (Fsp3) is 0.364. The Hall–Kier alpha value is -2.44. The first-order valence-electron chi connectivity index (χ1n) is 10.3. The van der Waals surface area contributed by atoms with Crippen LogP contribution in [0.25, 0.3) is 0 Å². The highest BCUT2D eigenvalue weighted by atomic mass is 35.5. The minimum atomic E-state index is -4.71. The van der Waals surface area contributed by atoms with Gasteiger partial charge in [-0.3, -0.25) is 4.79 Å². The molecule has 0 unspecified atom stereocenters. The molecule has 188 valence electrons. The molecule has 0 spiro atoms. The number of fused-ring (bicyclic) bond motifs is 1. The van der Waals surface area contributed by atoms with Crippen molar-refractivity contribution in [3.8, 4) is 11.5 Å². The van der Waals surface area contributed by atoms with Crippen molar-refractivity contribution in [2.75, 3.05) is 30.6 Å². The summed E-state index contributed by atoms with van der Waals surface area (Å²) < 4.78 is 75.2. The molecule has 2 aromatic carbocycles. The molecule has 0 aliphatic carbocycles. The summed E-state index contributed by atoms with van der Waals surface area (Å²) in [5, 5.41) is -0.791. The van der Waals surface area contributed by atoms with Crippen molar-refractivity contribution in [1.29, 1.82) is 0 Å². The monoisotopic (exact) mass is 548 g/mol. The molecule has 0 radical (unpaired) electrons. The number of thioether (sulfide) groups is 1. The van der Waals surface area contributed by atoms with Gasteiger partial charge in [0.15, 0.2) is 26.5 Å². The van der Waals surface area contributed by atoms with Crippen molar-refractivity contribution >= 4 is 50.0 Å². The van der Waals surface area contributed by atoms with Gasteiger partial charge in [0.05, 0.1) is 48.8 Å². The molecule has 13 heteroatoms. The minimum Gasteiger partial charge on any atom is -0.493 e. The normalized spacial score (nSPS) is 22.3. The van der Waals surface area contributed by atoms with Gasteiger partial charge in [-0.1, -0.05) is 29.4 Å². The summed E-state index contributed by atoms with van der Waals surface area (Å²) >= 11 is 6.83. The lowest BCUT2D eigenvalue weighted by atomic mass is 10.1. The second-order valence-corrected chi connectivity index (χ2v) is 11.8. The van der Waals surface area contributed by atoms with Gasteiger partial charge in [-0.15, -0.1) is 0 Å². The summed E-state index contributed by atoms with van der Waals surface area (Å²) in [6.07, 6.45) is -4.80. The van der Waals surface area contributed by atoms with Gasteiger partial charge < -0.3 is 14.4 Å². The predicted octanol–water partition coefficient (Wildman–Crippen LogP) is 4.22. The summed E-state index contributed by atoms with van der Waals surface area (Å²) in [5.74, 6) is -0.0239. The maximum absolute atomic E-state index is 13.5. The molecule has 2 saturated heterocycles. The number of hydrogen-bond donors (Lipinski definition) is 0. The zero-order valence-electron chi connectivity index (χ0n) is 18.5. The average Bonchev–Trinajstić information content (AvgIpc) is 3.23. The van der Waals surface area contributed by atoms with Crippen molar-refractivity contribution in [3.63, 3.8) is 0 Å². The maximum Gasteiger partial charge on any atom is 0.417 e. The topological polar surface area (TPSA) is 85.3 Å². The number of sulfone groups is 1. The van der Waals surface area contributed by atoms with E-state index in [9.17, 15) is 26.4 Å². The number of carbonyl (C=O) groups excluding carboxylic acids is 1. The Morgan fingerprint density at radius 3 is 2.51 bits per heavy atom. The van der Waals surface area contributed by atoms with Gasteiger partial charge in [-0.25, -0.2) is 8.42 Å². The van der Waals surface area contributed by atoms with Crippen molar-refractivity contribution in [2.24, 2.45) is 4.99 Å². The zero-order valence-corrected chi connectivity index (χ0v) is 20.9. The number of alkyl halides is 3. The van der Waals surface area contributed by atoms with Gasteiger partial charge in [0, 0.05) is 10.9 Å². The molecule has 1 amide bonds. The van der Waals surface area contributed by atoms with Gasteiger partial charge in [0.2, 0.25) is 0 Å². The van der Waals surface area contributed by atoms with E-state index in [-0.39, 0.29) is 28.8 Å². The van der Waals surface area contributed by atoms with Crippen LogP contribution in [0.2, 0.25) is 5.02 Å². The molecular formula is C22H20ClF3N2O5S2. The summed E-state index contributed by atoms with van der Waals surface area (Å²) in [7, 11) is -0.437. The highest BCUT2D eigenvalue weighted by molar-refractivity contribution is 8.16. The molecule has 2 heterocycles. The van der Waals surface area contributed by atoms with E-state index < -0.39 is 43.8 Å². The van der Waals surface area contributed by atoms with E-state index in [0.717, 1.165) is 23.9 Å². The molecule has 2 atom stereocenters. The Morgan fingerprint density at radius 2 is 1.86 bits per heavy atom. The van der Waals surface area contributed by atoms with Gasteiger partial charge in [-0.2, -0.15) is 18.2 Å². The number of methoxy groups -OCH3 is 2. The molecule has 7 nitrogen and oxygen atoms in total. The van der Waals surface area contributed by atoms with E-state index in [2.05, 4.69) is 4.99 Å². The van der Waals surface area contributed by atoms with Gasteiger partial charge in [-0.05, 0) is 35.9 Å². The van der Waals surface area contributed by atoms with E-state index in [0.29, 0.717) is 17.1 Å². The highest BCUT2D eigenvalue weighted by Gasteiger charge is 2.49. The average molecular weight is 549 g/mol. The van der Waals surface area contributed by atoms with Crippen molar-refractivity contribution < 1.29 is 35.9 Å². The number of amides is 1. The van der Waals surface area contributed by atoms with Crippen LogP contribution < -0.4 is 14.4 Å². The first-order valence-corrected chi connectivity index (χ1v) is 13.3. The Labute approximate surface area is 209 Å². The molecule has 0 aromatic heterocycles. The first kappa shape index (κ1) is 25.6. The Morgan fingerprint density at radius 1 is 1.14 bits per heavy atom. The number of carbonyl (C=O) groups is 1. The molecule has 2 aliphatic heterocycles. The van der Waals surface area contributed by atoms with E-state index in [1.54, 1.807) is 18.2 Å². The number of nitrogens with zero attached hydrogens (tertiary/aromatic N) is 2. The zero-order chi connectivity index (χ0) is 25.5. The van der Waals surface area contributed by atoms with Crippen LogP contribution in [-0.2, 0) is 27.2 Å².